The molecule has 0 spiro atoms. The Morgan fingerprint density at radius 1 is 0.875 bits per heavy atom. The summed E-state index contributed by atoms with van der Waals surface area (Å²) < 4.78 is 1.48. The zero-order valence-electron chi connectivity index (χ0n) is 29.0. The monoisotopic (exact) mass is 847 g/mol. The molecule has 6 atom stereocenters. The molecule has 9 N–H and O–H groups in total. The van der Waals surface area contributed by atoms with Crippen molar-refractivity contribution in [3.05, 3.63) is 93.8 Å². The number of nitrogens with zero attached hydrogens (tertiary/aromatic N) is 6. The number of aliphatic carboxylic acids is 2. The maximum Gasteiger partial charge on any atom is 0.353 e. The predicted octanol–water partition coefficient (Wildman–Crippen LogP) is -0.429. The van der Waals surface area contributed by atoms with Crippen LogP contribution in [-0.4, -0.2) is 126 Å². The van der Waals surface area contributed by atoms with Gasteiger partial charge in [-0.1, -0.05) is 84.0 Å². The Hall–Kier alpha value is -4.97. The van der Waals surface area contributed by atoms with Gasteiger partial charge >= 0.3 is 11.9 Å². The van der Waals surface area contributed by atoms with Crippen LogP contribution in [0.5, 0.6) is 0 Å². The molecule has 3 aromatic rings. The highest BCUT2D eigenvalue weighted by molar-refractivity contribution is 8.01. The Kier molecular flexibility index (Phi) is 13.5. The van der Waals surface area contributed by atoms with Gasteiger partial charge in [0.1, 0.15) is 40.3 Å². The number of carbonyl (C=O) groups is 6. The number of nitrogens with one attached hydrogen (secondary N) is 2. The van der Waals surface area contributed by atoms with Crippen molar-refractivity contribution in [2.45, 2.75) is 40.1 Å². The van der Waals surface area contributed by atoms with Crippen molar-refractivity contribution in [1.82, 2.24) is 40.6 Å². The average molecular weight is 848 g/mol. The molecule has 2 aromatic carbocycles. The second kappa shape index (κ2) is 17.9. The average Bonchev–Trinajstić information content (AvgIpc) is 3.61. The first-order valence-corrected chi connectivity index (χ1v) is 19.7. The summed E-state index contributed by atoms with van der Waals surface area (Å²) in [7, 11) is 1.68. The summed E-state index contributed by atoms with van der Waals surface area (Å²) in [6.07, 6.45) is -1.42. The minimum Gasteiger partial charge on any atom is -0.477 e. The highest BCUT2D eigenvalue weighted by atomic mass is 35.5. The summed E-state index contributed by atoms with van der Waals surface area (Å²) >= 11 is 9.83. The minimum absolute atomic E-state index is 0. The summed E-state index contributed by atoms with van der Waals surface area (Å²) in [5.74, 6) is -3.73. The topological polar surface area (TPSA) is 295 Å². The lowest BCUT2D eigenvalue weighted by atomic mass is 10.0. The van der Waals surface area contributed by atoms with Gasteiger partial charge in [0, 0.05) is 24.3 Å². The van der Waals surface area contributed by atoms with Crippen LogP contribution in [0.1, 0.15) is 23.3 Å². The number of rotatable bonds is 11. The molecule has 0 bridgehead atoms. The van der Waals surface area contributed by atoms with Crippen molar-refractivity contribution in [1.29, 1.82) is 0 Å². The quantitative estimate of drug-likeness (QED) is 0.105. The molecule has 19 nitrogen and oxygen atoms in total. The lowest BCUT2D eigenvalue weighted by molar-refractivity contribution is -0.151. The molecule has 2 saturated heterocycles. The lowest BCUT2D eigenvalue weighted by Gasteiger charge is -2.49. The van der Waals surface area contributed by atoms with Crippen molar-refractivity contribution in [2.24, 2.45) is 12.8 Å². The van der Waals surface area contributed by atoms with E-state index < -0.39 is 70.5 Å². The van der Waals surface area contributed by atoms with E-state index in [0.717, 1.165) is 4.90 Å². The van der Waals surface area contributed by atoms with Gasteiger partial charge in [0.2, 0.25) is 11.1 Å². The predicted molar refractivity (Wildman–Crippen MR) is 203 cm³/mol. The van der Waals surface area contributed by atoms with Gasteiger partial charge in [-0.25, -0.2) is 14.3 Å². The number of β-lactam (4-membered cyclic amide) rings is 2. The Labute approximate surface area is 335 Å². The highest BCUT2D eigenvalue weighted by Gasteiger charge is 2.55. The third-order valence-electron chi connectivity index (χ3n) is 8.73. The molecule has 296 valence electrons. The molecule has 1 aromatic heterocycles. The molecule has 0 radical (unpaired) electrons. The van der Waals surface area contributed by atoms with Crippen LogP contribution in [0.3, 0.4) is 0 Å². The van der Waals surface area contributed by atoms with Crippen molar-refractivity contribution >= 4 is 82.5 Å². The van der Waals surface area contributed by atoms with Gasteiger partial charge in [0.25, 0.3) is 17.7 Å². The minimum atomic E-state index is -1.42. The van der Waals surface area contributed by atoms with Gasteiger partial charge in [-0.2, -0.15) is 0 Å². The SMILES string of the molecule is Cn1nnnc1SCC1=C(C(=O)O)N2C(=O)[C@@H](NC(=O)[C@H](O)c3ccccc3)[C@H]2SC1.N[C@@H](C(=O)N[C@@H]1C(=O)N2C(C(=O)O)=C(Cl)CS[C@H]12)c1ccccc1.O. The number of thioether (sulfide) groups is 3. The number of fused-ring (bicyclic) bond motifs is 2. The molecule has 4 amide bonds. The Morgan fingerprint density at radius 2 is 1.39 bits per heavy atom. The van der Waals surface area contributed by atoms with Crippen LogP contribution in [0.4, 0.5) is 0 Å². The van der Waals surface area contributed by atoms with Gasteiger partial charge in [-0.05, 0) is 27.1 Å². The van der Waals surface area contributed by atoms with E-state index in [0.29, 0.717) is 33.4 Å². The zero-order valence-corrected chi connectivity index (χ0v) is 32.2. The van der Waals surface area contributed by atoms with Gasteiger partial charge < -0.3 is 37.2 Å². The van der Waals surface area contributed by atoms with E-state index in [4.69, 9.17) is 17.3 Å². The Morgan fingerprint density at radius 3 is 1.93 bits per heavy atom. The van der Waals surface area contributed by atoms with Crippen molar-refractivity contribution in [2.75, 3.05) is 17.3 Å². The number of aliphatic hydroxyl groups excluding tert-OH is 1. The van der Waals surface area contributed by atoms with Crippen LogP contribution in [0, 0.1) is 0 Å². The number of carbonyl (C=O) groups excluding carboxylic acids is 4. The fraction of sp³-hybridized carbons (Fsp3) is 0.303. The molecule has 0 saturated carbocycles. The Balaban J connectivity index is 0.000000217. The van der Waals surface area contributed by atoms with E-state index >= 15 is 0 Å². The smallest absolute Gasteiger partial charge is 0.353 e. The summed E-state index contributed by atoms with van der Waals surface area (Å²) in [4.78, 5) is 75.1. The first-order valence-electron chi connectivity index (χ1n) is 16.3. The molecular weight excluding hydrogens is 814 g/mol. The van der Waals surface area contributed by atoms with Crippen LogP contribution in [-0.2, 0) is 35.8 Å². The number of hydrogen-bond donors (Lipinski definition) is 6. The number of aryl methyl sites for hydroxylation is 1. The van der Waals surface area contributed by atoms with Crippen molar-refractivity contribution in [3.63, 3.8) is 0 Å². The number of amides is 4. The standard InChI is InChI=1S/C18H18N6O5S2.C15H14ClN3O4S.H2O/c1-23-18(20-21-22-23)31-8-10-7-30-16-11(15(27)24(16)12(10)17(28)29)19-14(26)13(25)9-5-3-2-4-6-9;16-8-6-24-14-10(13(21)19(14)11(8)15(22)23)18-12(20)9(17)7-4-2-1-3-5-7;/h2-6,11,13,16,25H,7-8H2,1H3,(H,19,26)(H,28,29);1-5,9-10,14H,6,17H2,(H,18,20)(H,22,23);1H2/t11-,13-,16-;9-,10-,14-;/m11./s1. The second-order valence-electron chi connectivity index (χ2n) is 12.2. The Bertz CT molecular complexity index is 2090. The van der Waals surface area contributed by atoms with Gasteiger partial charge in [0.15, 0.2) is 6.10 Å². The summed E-state index contributed by atoms with van der Waals surface area (Å²) in [6.45, 7) is 0. The molecular formula is C33H34ClN9O10S3. The van der Waals surface area contributed by atoms with Crippen molar-refractivity contribution in [3.8, 4) is 0 Å². The fourth-order valence-corrected chi connectivity index (χ4v) is 9.83. The van der Waals surface area contributed by atoms with Crippen LogP contribution >= 0.6 is 46.9 Å². The number of carboxylic acids is 2. The first kappa shape index (κ1) is 42.2. The number of halogens is 1. The van der Waals surface area contributed by atoms with E-state index in [-0.39, 0.29) is 27.7 Å². The van der Waals surface area contributed by atoms with Gasteiger partial charge in [-0.3, -0.25) is 29.0 Å². The number of tetrazole rings is 1. The number of benzene rings is 2. The maximum absolute atomic E-state index is 12.7. The number of carboxylic acid groups (broad SMARTS) is 2. The molecule has 23 heteroatoms. The second-order valence-corrected chi connectivity index (χ2v) is 15.8. The molecule has 7 rings (SSSR count). The van der Waals surface area contributed by atoms with E-state index in [1.54, 1.807) is 61.6 Å². The number of aromatic nitrogens is 4. The summed E-state index contributed by atoms with van der Waals surface area (Å²) in [5, 5.41) is 45.0. The fourth-order valence-electron chi connectivity index (χ4n) is 5.95. The van der Waals surface area contributed by atoms with E-state index in [1.165, 1.54) is 44.9 Å². The molecule has 5 heterocycles. The van der Waals surface area contributed by atoms with Crippen LogP contribution < -0.4 is 16.4 Å². The van der Waals surface area contributed by atoms with E-state index in [1.807, 2.05) is 6.07 Å². The molecule has 0 aliphatic carbocycles. The number of hydrogen-bond acceptors (Lipinski definition) is 14. The molecule has 2 fully saturated rings. The molecule has 4 aliphatic rings. The van der Waals surface area contributed by atoms with Crippen molar-refractivity contribution < 1.29 is 49.6 Å². The maximum atomic E-state index is 12.7. The zero-order chi connectivity index (χ0) is 39.6. The third-order valence-corrected chi connectivity index (χ3v) is 12.9. The molecule has 56 heavy (non-hydrogen) atoms. The lowest BCUT2D eigenvalue weighted by Crippen LogP contribution is -2.70. The van der Waals surface area contributed by atoms with Gasteiger partial charge in [0.05, 0.1) is 5.03 Å². The normalized spacial score (nSPS) is 22.1. The van der Waals surface area contributed by atoms with E-state index in [2.05, 4.69) is 26.2 Å². The number of aliphatic hydroxyl groups is 1. The van der Waals surface area contributed by atoms with Crippen LogP contribution in [0.2, 0.25) is 0 Å². The highest BCUT2D eigenvalue weighted by Crippen LogP contribution is 2.43. The van der Waals surface area contributed by atoms with Crippen LogP contribution in [0.25, 0.3) is 0 Å². The number of nitrogens with two attached hydrogens (primary N) is 1. The van der Waals surface area contributed by atoms with E-state index in [9.17, 15) is 44.1 Å². The van der Waals surface area contributed by atoms with Gasteiger partial charge in [-0.15, -0.1) is 28.6 Å². The molecule has 0 unspecified atom stereocenters. The van der Waals surface area contributed by atoms with Crippen LogP contribution in [0.15, 0.2) is 87.8 Å². The summed E-state index contributed by atoms with van der Waals surface area (Å²) in [5.41, 5.74) is 7.22. The third kappa shape index (κ3) is 8.40. The summed E-state index contributed by atoms with van der Waals surface area (Å²) in [6, 6.07) is 14.5. The molecule has 4 aliphatic heterocycles. The largest absolute Gasteiger partial charge is 0.477 e. The first-order chi connectivity index (χ1) is 26.3.